The summed E-state index contributed by atoms with van der Waals surface area (Å²) >= 11 is 0. The Labute approximate surface area is 138 Å². The van der Waals surface area contributed by atoms with Gasteiger partial charge in [-0.1, -0.05) is 0 Å². The maximum absolute atomic E-state index is 10.1. The number of rotatable bonds is 6. The zero-order chi connectivity index (χ0) is 14.9. The molecule has 0 radical (unpaired) electrons. The van der Waals surface area contributed by atoms with Crippen LogP contribution in [0, 0.1) is 0 Å². The van der Waals surface area contributed by atoms with Gasteiger partial charge in [0.05, 0.1) is 12.8 Å². The Morgan fingerprint density at radius 1 is 0.684 bits per heavy atom. The van der Waals surface area contributed by atoms with Crippen LogP contribution in [0.4, 0.5) is 0 Å². The Hall–Kier alpha value is -1.12. The molecular formula is C10H10CaO8. The summed E-state index contributed by atoms with van der Waals surface area (Å²) in [7, 11) is 0. The average Bonchev–Trinajstić information content (AvgIpc) is 2.16. The van der Waals surface area contributed by atoms with Crippen LogP contribution < -0.4 is 10.2 Å². The molecule has 9 heteroatoms. The normalized spacial score (nSPS) is 8.11. The summed E-state index contributed by atoms with van der Waals surface area (Å²) in [6.07, 6.45) is -1.13. The summed E-state index contributed by atoms with van der Waals surface area (Å²) in [4.78, 5) is 59.5. The SMILES string of the molecule is CC(=O)CC(=O)C(=O)[O-].CC(=O)CC(=O)C(=O)[O-].[Ca+2]. The van der Waals surface area contributed by atoms with Crippen LogP contribution in [0.5, 0.6) is 0 Å². The molecule has 0 aliphatic heterocycles. The first kappa shape index (κ1) is 23.0. The molecule has 0 N–H and O–H groups in total. The third kappa shape index (κ3) is 16.9. The van der Waals surface area contributed by atoms with E-state index in [0.717, 1.165) is 13.8 Å². The minimum absolute atomic E-state index is 0. The molecule has 0 saturated carbocycles. The molecule has 0 saturated heterocycles. The van der Waals surface area contributed by atoms with Gasteiger partial charge in [0.2, 0.25) is 0 Å². The van der Waals surface area contributed by atoms with E-state index < -0.39 is 47.9 Å². The minimum Gasteiger partial charge on any atom is -0.542 e. The van der Waals surface area contributed by atoms with E-state index in [-0.39, 0.29) is 37.7 Å². The molecule has 19 heavy (non-hydrogen) atoms. The Morgan fingerprint density at radius 3 is 0.947 bits per heavy atom. The van der Waals surface area contributed by atoms with Gasteiger partial charge in [-0.05, 0) is 13.8 Å². The molecule has 0 unspecified atom stereocenters. The fraction of sp³-hybridized carbons (Fsp3) is 0.400. The third-order valence-electron chi connectivity index (χ3n) is 1.27. The average molecular weight is 298 g/mol. The molecule has 0 aromatic carbocycles. The molecule has 0 amide bonds. The topological polar surface area (TPSA) is 149 Å². The molecule has 0 spiro atoms. The number of aliphatic carboxylic acids is 2. The van der Waals surface area contributed by atoms with Crippen molar-refractivity contribution >= 4 is 72.8 Å². The van der Waals surface area contributed by atoms with Gasteiger partial charge in [0.1, 0.15) is 23.5 Å². The largest absolute Gasteiger partial charge is 2.00 e. The van der Waals surface area contributed by atoms with E-state index in [1.807, 2.05) is 0 Å². The fourth-order valence-electron chi connectivity index (χ4n) is 0.597. The molecule has 0 bridgehead atoms. The quantitative estimate of drug-likeness (QED) is 0.275. The van der Waals surface area contributed by atoms with Gasteiger partial charge in [-0.25, -0.2) is 0 Å². The van der Waals surface area contributed by atoms with Gasteiger partial charge in [0.15, 0.2) is 11.6 Å². The molecular weight excluding hydrogens is 288 g/mol. The predicted octanol–water partition coefficient (Wildman–Crippen LogP) is -3.81. The Balaban J connectivity index is -0.000000256. The first-order valence-electron chi connectivity index (χ1n) is 4.55. The number of carboxylic acid groups (broad SMARTS) is 2. The monoisotopic (exact) mass is 298 g/mol. The van der Waals surface area contributed by atoms with Crippen LogP contribution in [0.3, 0.4) is 0 Å². The molecule has 8 nitrogen and oxygen atoms in total. The van der Waals surface area contributed by atoms with E-state index in [9.17, 15) is 39.0 Å². The Kier molecular flexibility index (Phi) is 14.5. The molecule has 0 aliphatic carbocycles. The van der Waals surface area contributed by atoms with E-state index in [1.165, 1.54) is 0 Å². The standard InChI is InChI=1S/2C5H6O4.Ca/c2*1-3(6)2-4(7)5(8)9;/h2*2H2,1H3,(H,8,9);/q;;+2/p-2. The maximum atomic E-state index is 10.1. The number of Topliss-reactive ketones (excluding diaryl/α,β-unsaturated/α-hetero) is 4. The number of ketones is 4. The summed E-state index contributed by atoms with van der Waals surface area (Å²) in [5.74, 6) is -6.87. The van der Waals surface area contributed by atoms with Gasteiger partial charge >= 0.3 is 37.7 Å². The van der Waals surface area contributed by atoms with Crippen LogP contribution in [-0.2, 0) is 28.8 Å². The zero-order valence-electron chi connectivity index (χ0n) is 10.4. The van der Waals surface area contributed by atoms with Crippen molar-refractivity contribution < 1.29 is 39.0 Å². The molecule has 0 aromatic heterocycles. The van der Waals surface area contributed by atoms with Gasteiger partial charge < -0.3 is 19.8 Å². The number of hydrogen-bond acceptors (Lipinski definition) is 8. The summed E-state index contributed by atoms with van der Waals surface area (Å²) in [5.41, 5.74) is 0. The van der Waals surface area contributed by atoms with Crippen LogP contribution in [0.2, 0.25) is 0 Å². The smallest absolute Gasteiger partial charge is 0.542 e. The zero-order valence-corrected chi connectivity index (χ0v) is 12.6. The van der Waals surface area contributed by atoms with Crippen LogP contribution in [0.25, 0.3) is 0 Å². The first-order valence-corrected chi connectivity index (χ1v) is 4.55. The molecule has 0 atom stereocenters. The minimum atomic E-state index is -1.80. The fourth-order valence-corrected chi connectivity index (χ4v) is 0.597. The van der Waals surface area contributed by atoms with Crippen molar-refractivity contribution in [3.8, 4) is 0 Å². The number of carboxylic acids is 2. The van der Waals surface area contributed by atoms with Crippen molar-refractivity contribution in [2.24, 2.45) is 0 Å². The summed E-state index contributed by atoms with van der Waals surface area (Å²) < 4.78 is 0. The summed E-state index contributed by atoms with van der Waals surface area (Å²) in [6, 6.07) is 0. The number of carbonyl (C=O) groups excluding carboxylic acids is 6. The van der Waals surface area contributed by atoms with Crippen molar-refractivity contribution in [3.63, 3.8) is 0 Å². The molecule has 100 valence electrons. The van der Waals surface area contributed by atoms with E-state index in [0.29, 0.717) is 0 Å². The maximum Gasteiger partial charge on any atom is 2.00 e. The second-order valence-electron chi connectivity index (χ2n) is 3.18. The molecule has 0 aromatic rings. The van der Waals surface area contributed by atoms with Crippen molar-refractivity contribution in [2.45, 2.75) is 26.7 Å². The van der Waals surface area contributed by atoms with Crippen LogP contribution in [0.15, 0.2) is 0 Å². The van der Waals surface area contributed by atoms with Crippen molar-refractivity contribution in [2.75, 3.05) is 0 Å². The Morgan fingerprint density at radius 2 is 0.895 bits per heavy atom. The van der Waals surface area contributed by atoms with Gasteiger partial charge in [0, 0.05) is 0 Å². The van der Waals surface area contributed by atoms with Gasteiger partial charge in [0.25, 0.3) is 0 Å². The third-order valence-corrected chi connectivity index (χ3v) is 1.27. The van der Waals surface area contributed by atoms with E-state index in [1.54, 1.807) is 0 Å². The van der Waals surface area contributed by atoms with Crippen molar-refractivity contribution in [1.82, 2.24) is 0 Å². The first-order chi connectivity index (χ1) is 8.07. The number of hydrogen-bond donors (Lipinski definition) is 0. The summed E-state index contributed by atoms with van der Waals surface area (Å²) in [6.45, 7) is 2.28. The van der Waals surface area contributed by atoms with Crippen LogP contribution in [-0.4, -0.2) is 72.8 Å². The molecule has 0 fully saturated rings. The van der Waals surface area contributed by atoms with E-state index >= 15 is 0 Å². The van der Waals surface area contributed by atoms with Gasteiger partial charge in [-0.15, -0.1) is 0 Å². The molecule has 0 aliphatic rings. The summed E-state index contributed by atoms with van der Waals surface area (Å²) in [5, 5.41) is 19.2. The van der Waals surface area contributed by atoms with E-state index in [2.05, 4.69) is 0 Å². The molecule has 0 rings (SSSR count). The number of carbonyl (C=O) groups is 6. The van der Waals surface area contributed by atoms with Gasteiger partial charge in [-0.3, -0.25) is 19.2 Å². The van der Waals surface area contributed by atoms with Crippen molar-refractivity contribution in [3.05, 3.63) is 0 Å². The molecule has 0 heterocycles. The second-order valence-corrected chi connectivity index (χ2v) is 3.18. The van der Waals surface area contributed by atoms with Gasteiger partial charge in [-0.2, -0.15) is 0 Å². The predicted molar refractivity (Wildman–Crippen MR) is 56.4 cm³/mol. The second kappa shape index (κ2) is 11.9. The van der Waals surface area contributed by atoms with Crippen LogP contribution >= 0.6 is 0 Å². The van der Waals surface area contributed by atoms with E-state index in [4.69, 9.17) is 0 Å². The van der Waals surface area contributed by atoms with Crippen molar-refractivity contribution in [1.29, 1.82) is 0 Å². The van der Waals surface area contributed by atoms with Crippen LogP contribution in [0.1, 0.15) is 26.7 Å². The Bertz CT molecular complexity index is 360.